The van der Waals surface area contributed by atoms with Crippen molar-refractivity contribution in [3.63, 3.8) is 0 Å². The zero-order chi connectivity index (χ0) is 22.2. The fraction of sp³-hybridized carbons (Fsp3) is 0.214. The molecule has 0 radical (unpaired) electrons. The zero-order valence-electron chi connectivity index (χ0n) is 18.8. The van der Waals surface area contributed by atoms with Gasteiger partial charge in [-0.05, 0) is 36.2 Å². The summed E-state index contributed by atoms with van der Waals surface area (Å²) < 4.78 is 15.2. The van der Waals surface area contributed by atoms with Crippen LogP contribution in [0.15, 0.2) is 97.3 Å². The highest BCUT2D eigenvalue weighted by atomic mass is 16.5. The Morgan fingerprint density at radius 2 is 1.16 bits per heavy atom. The fourth-order valence-corrected chi connectivity index (χ4v) is 4.12. The summed E-state index contributed by atoms with van der Waals surface area (Å²) in [5, 5.41) is 0. The summed E-state index contributed by atoms with van der Waals surface area (Å²) in [6.07, 6.45) is 5.11. The molecule has 0 amide bonds. The first kappa shape index (κ1) is 21.9. The van der Waals surface area contributed by atoms with Gasteiger partial charge in [0.2, 0.25) is 11.4 Å². The van der Waals surface area contributed by atoms with Gasteiger partial charge in [0.1, 0.15) is 0 Å². The van der Waals surface area contributed by atoms with E-state index in [1.807, 2.05) is 6.07 Å². The van der Waals surface area contributed by atoms with E-state index < -0.39 is 0 Å². The monoisotopic (exact) mass is 426 g/mol. The number of nitrogens with zero attached hydrogens (tertiary/aromatic N) is 2. The fourth-order valence-electron chi connectivity index (χ4n) is 4.12. The first-order valence-corrected chi connectivity index (χ1v) is 10.9. The highest BCUT2D eigenvalue weighted by Gasteiger charge is 2.21. The Hall–Kier alpha value is -3.34. The number of hydrogen-bond acceptors (Lipinski definition) is 2. The van der Waals surface area contributed by atoms with Crippen LogP contribution in [0.1, 0.15) is 11.1 Å². The third-order valence-corrected chi connectivity index (χ3v) is 5.65. The van der Waals surface area contributed by atoms with Gasteiger partial charge in [0.05, 0.1) is 12.2 Å². The predicted octanol–water partition coefficient (Wildman–Crippen LogP) is 4.44. The van der Waals surface area contributed by atoms with Crippen LogP contribution in [0.3, 0.4) is 0 Å². The molecule has 32 heavy (non-hydrogen) atoms. The largest absolute Gasteiger partial charge is 0.384 e. The number of hydrogen-bond donors (Lipinski definition) is 0. The first-order chi connectivity index (χ1) is 15.8. The Morgan fingerprint density at radius 1 is 0.594 bits per heavy atom. The summed E-state index contributed by atoms with van der Waals surface area (Å²) in [5.74, 6) is 0. The maximum Gasteiger partial charge on any atom is 0.252 e. The standard InChI is InChI=1S/C28H30N2O2/c1-31-20-17-23-11-3-5-13-25(23)27-15-7-9-18-29(27)21-24-12-4-6-14-26(24)28-16-8-10-19-30(28)22-32-2/h3-16,18-19H,17,20-22H2,1-2H3/q+2. The minimum absolute atomic E-state index is 0.515. The molecule has 0 unspecified atom stereocenters. The molecular weight excluding hydrogens is 396 g/mol. The predicted molar refractivity (Wildman–Crippen MR) is 126 cm³/mol. The number of methoxy groups -OCH3 is 2. The van der Waals surface area contributed by atoms with Gasteiger partial charge in [0.25, 0.3) is 6.73 Å². The average Bonchev–Trinajstić information content (AvgIpc) is 2.84. The van der Waals surface area contributed by atoms with E-state index >= 15 is 0 Å². The lowest BCUT2D eigenvalue weighted by Crippen LogP contribution is -2.39. The maximum absolute atomic E-state index is 5.42. The van der Waals surface area contributed by atoms with Crippen LogP contribution in [0.2, 0.25) is 0 Å². The second kappa shape index (κ2) is 10.8. The minimum atomic E-state index is 0.515. The van der Waals surface area contributed by atoms with Crippen molar-refractivity contribution in [2.24, 2.45) is 0 Å². The lowest BCUT2D eigenvalue weighted by molar-refractivity contribution is -0.721. The molecule has 0 aliphatic rings. The van der Waals surface area contributed by atoms with Gasteiger partial charge in [-0.1, -0.05) is 36.4 Å². The molecule has 162 valence electrons. The van der Waals surface area contributed by atoms with Crippen LogP contribution in [0.5, 0.6) is 0 Å². The zero-order valence-corrected chi connectivity index (χ0v) is 18.8. The normalized spacial score (nSPS) is 10.9. The van der Waals surface area contributed by atoms with Crippen LogP contribution in [0.4, 0.5) is 0 Å². The molecule has 2 aromatic carbocycles. The van der Waals surface area contributed by atoms with E-state index in [9.17, 15) is 0 Å². The molecule has 0 aliphatic heterocycles. The number of aromatic nitrogens is 2. The quantitative estimate of drug-likeness (QED) is 0.370. The molecule has 4 rings (SSSR count). The maximum atomic E-state index is 5.42. The van der Waals surface area contributed by atoms with Crippen molar-refractivity contribution in [1.29, 1.82) is 0 Å². The minimum Gasteiger partial charge on any atom is -0.384 e. The van der Waals surface area contributed by atoms with Gasteiger partial charge in [-0.3, -0.25) is 0 Å². The van der Waals surface area contributed by atoms with E-state index in [1.54, 1.807) is 14.2 Å². The lowest BCUT2D eigenvalue weighted by atomic mass is 10.00. The molecule has 0 fully saturated rings. The molecule has 0 spiro atoms. The number of ether oxygens (including phenoxy) is 2. The van der Waals surface area contributed by atoms with Crippen molar-refractivity contribution in [2.45, 2.75) is 19.7 Å². The van der Waals surface area contributed by atoms with Gasteiger partial charge in [-0.25, -0.2) is 0 Å². The molecule has 2 aromatic heterocycles. The Bertz CT molecular complexity index is 1170. The number of pyridine rings is 2. The Kier molecular flexibility index (Phi) is 7.38. The molecule has 0 aliphatic carbocycles. The van der Waals surface area contributed by atoms with Gasteiger partial charge in [0, 0.05) is 49.6 Å². The molecule has 2 heterocycles. The molecule has 0 N–H and O–H groups in total. The second-order valence-electron chi connectivity index (χ2n) is 7.74. The summed E-state index contributed by atoms with van der Waals surface area (Å²) in [7, 11) is 3.48. The van der Waals surface area contributed by atoms with Crippen molar-refractivity contribution in [2.75, 3.05) is 20.8 Å². The Morgan fingerprint density at radius 3 is 1.84 bits per heavy atom. The molecule has 0 saturated heterocycles. The Labute approximate surface area is 190 Å². The molecule has 4 aromatic rings. The van der Waals surface area contributed by atoms with Gasteiger partial charge in [-0.2, -0.15) is 9.13 Å². The van der Waals surface area contributed by atoms with Crippen molar-refractivity contribution in [3.05, 3.63) is 108 Å². The molecule has 0 bridgehead atoms. The summed E-state index contributed by atoms with van der Waals surface area (Å²) in [5.41, 5.74) is 7.35. The van der Waals surface area contributed by atoms with E-state index in [0.29, 0.717) is 13.3 Å². The average molecular weight is 427 g/mol. The topological polar surface area (TPSA) is 26.2 Å². The summed E-state index contributed by atoms with van der Waals surface area (Å²) >= 11 is 0. The van der Waals surface area contributed by atoms with E-state index in [2.05, 4.69) is 100 Å². The van der Waals surface area contributed by atoms with Gasteiger partial charge < -0.3 is 9.47 Å². The van der Waals surface area contributed by atoms with Crippen molar-refractivity contribution < 1.29 is 18.6 Å². The van der Waals surface area contributed by atoms with Crippen molar-refractivity contribution >= 4 is 0 Å². The van der Waals surface area contributed by atoms with Crippen LogP contribution in [0, 0.1) is 0 Å². The van der Waals surface area contributed by atoms with E-state index in [1.165, 1.54) is 27.9 Å². The SMILES string of the molecule is COCCc1ccccc1-c1cccc[n+]1Cc1ccccc1-c1cccc[n+]1COC. The van der Waals surface area contributed by atoms with Crippen LogP contribution in [-0.2, 0) is 29.2 Å². The van der Waals surface area contributed by atoms with Crippen LogP contribution in [0.25, 0.3) is 22.5 Å². The third kappa shape index (κ3) is 4.93. The molecule has 4 nitrogen and oxygen atoms in total. The van der Waals surface area contributed by atoms with Crippen molar-refractivity contribution in [1.82, 2.24) is 0 Å². The molecular formula is C28H30N2O2+2. The second-order valence-corrected chi connectivity index (χ2v) is 7.74. The summed E-state index contributed by atoms with van der Waals surface area (Å²) in [6.45, 7) is 1.99. The van der Waals surface area contributed by atoms with Gasteiger partial charge in [-0.15, -0.1) is 0 Å². The Balaban J connectivity index is 1.75. The van der Waals surface area contributed by atoms with E-state index in [0.717, 1.165) is 18.7 Å². The number of rotatable bonds is 9. The summed E-state index contributed by atoms with van der Waals surface area (Å²) in [4.78, 5) is 0. The summed E-state index contributed by atoms with van der Waals surface area (Å²) in [6, 6.07) is 29.9. The van der Waals surface area contributed by atoms with Gasteiger partial charge >= 0.3 is 0 Å². The molecule has 0 saturated carbocycles. The van der Waals surface area contributed by atoms with Gasteiger partial charge in [0.15, 0.2) is 18.9 Å². The third-order valence-electron chi connectivity index (χ3n) is 5.65. The van der Waals surface area contributed by atoms with E-state index in [4.69, 9.17) is 9.47 Å². The molecule has 0 atom stereocenters. The van der Waals surface area contributed by atoms with Crippen molar-refractivity contribution in [3.8, 4) is 22.5 Å². The van der Waals surface area contributed by atoms with E-state index in [-0.39, 0.29) is 0 Å². The molecule has 4 heteroatoms. The highest BCUT2D eigenvalue weighted by molar-refractivity contribution is 5.62. The smallest absolute Gasteiger partial charge is 0.252 e. The van der Waals surface area contributed by atoms with Crippen LogP contribution in [-0.4, -0.2) is 20.8 Å². The van der Waals surface area contributed by atoms with Crippen LogP contribution < -0.4 is 9.13 Å². The van der Waals surface area contributed by atoms with Crippen LogP contribution >= 0.6 is 0 Å². The number of benzene rings is 2. The first-order valence-electron chi connectivity index (χ1n) is 10.9. The lowest BCUT2D eigenvalue weighted by Gasteiger charge is -2.11. The highest BCUT2D eigenvalue weighted by Crippen LogP contribution is 2.24.